The van der Waals surface area contributed by atoms with Crippen LogP contribution in [-0.4, -0.2) is 40.0 Å². The van der Waals surface area contributed by atoms with Crippen LogP contribution in [0, 0.1) is 11.3 Å². The molecule has 1 N–H and O–H groups in total. The van der Waals surface area contributed by atoms with E-state index in [2.05, 4.69) is 5.32 Å². The van der Waals surface area contributed by atoms with Gasteiger partial charge in [0.2, 0.25) is 0 Å². The standard InChI is InChI=1S/C11H21NO2/c1-13-8-10-9-14-7-4-11(10)2-5-12-6-3-11/h10,12H,2-9H2,1H3/t10-/m1/s1. The second-order valence-corrected chi connectivity index (χ2v) is 4.59. The van der Waals surface area contributed by atoms with Gasteiger partial charge in [-0.3, -0.25) is 0 Å². The highest BCUT2D eigenvalue weighted by molar-refractivity contribution is 4.92. The first-order chi connectivity index (χ1) is 6.87. The molecule has 3 heteroatoms. The van der Waals surface area contributed by atoms with Crippen LogP contribution in [0.15, 0.2) is 0 Å². The number of hydrogen-bond donors (Lipinski definition) is 1. The number of hydrogen-bond acceptors (Lipinski definition) is 3. The van der Waals surface area contributed by atoms with E-state index in [1.54, 1.807) is 7.11 Å². The zero-order valence-corrected chi connectivity index (χ0v) is 9.05. The Morgan fingerprint density at radius 3 is 2.86 bits per heavy atom. The molecule has 1 atom stereocenters. The van der Waals surface area contributed by atoms with Crippen LogP contribution in [0.4, 0.5) is 0 Å². The summed E-state index contributed by atoms with van der Waals surface area (Å²) in [6.45, 7) is 5.04. The van der Waals surface area contributed by atoms with Crippen LogP contribution in [-0.2, 0) is 9.47 Å². The minimum Gasteiger partial charge on any atom is -0.384 e. The first-order valence-electron chi connectivity index (χ1n) is 5.65. The average Bonchev–Trinajstić information content (AvgIpc) is 2.23. The lowest BCUT2D eigenvalue weighted by atomic mass is 9.66. The van der Waals surface area contributed by atoms with Gasteiger partial charge in [-0.05, 0) is 37.8 Å². The Balaban J connectivity index is 2.02. The fourth-order valence-electron chi connectivity index (χ4n) is 2.89. The van der Waals surface area contributed by atoms with Crippen molar-refractivity contribution in [3.8, 4) is 0 Å². The van der Waals surface area contributed by atoms with E-state index in [0.717, 1.165) is 19.8 Å². The summed E-state index contributed by atoms with van der Waals surface area (Å²) in [4.78, 5) is 0. The monoisotopic (exact) mass is 199 g/mol. The Morgan fingerprint density at radius 2 is 2.14 bits per heavy atom. The van der Waals surface area contributed by atoms with Gasteiger partial charge in [-0.2, -0.15) is 0 Å². The van der Waals surface area contributed by atoms with Crippen LogP contribution < -0.4 is 5.32 Å². The number of nitrogens with one attached hydrogen (secondary N) is 1. The van der Waals surface area contributed by atoms with Gasteiger partial charge in [0, 0.05) is 19.6 Å². The van der Waals surface area contributed by atoms with Gasteiger partial charge in [0.15, 0.2) is 0 Å². The normalized spacial score (nSPS) is 31.9. The lowest BCUT2D eigenvalue weighted by molar-refractivity contribution is -0.0821. The van der Waals surface area contributed by atoms with E-state index in [-0.39, 0.29) is 0 Å². The highest BCUT2D eigenvalue weighted by atomic mass is 16.5. The number of methoxy groups -OCH3 is 1. The van der Waals surface area contributed by atoms with Crippen molar-refractivity contribution in [2.45, 2.75) is 19.3 Å². The van der Waals surface area contributed by atoms with Crippen molar-refractivity contribution in [2.24, 2.45) is 11.3 Å². The van der Waals surface area contributed by atoms with Crippen molar-refractivity contribution >= 4 is 0 Å². The van der Waals surface area contributed by atoms with Crippen LogP contribution in [0.25, 0.3) is 0 Å². The first kappa shape index (κ1) is 10.4. The van der Waals surface area contributed by atoms with Crippen LogP contribution in [0.2, 0.25) is 0 Å². The molecule has 1 spiro atoms. The summed E-state index contributed by atoms with van der Waals surface area (Å²) < 4.78 is 10.9. The van der Waals surface area contributed by atoms with Crippen LogP contribution >= 0.6 is 0 Å². The van der Waals surface area contributed by atoms with Crippen molar-refractivity contribution in [1.82, 2.24) is 5.32 Å². The molecular formula is C11H21NO2. The molecule has 3 nitrogen and oxygen atoms in total. The van der Waals surface area contributed by atoms with Gasteiger partial charge in [0.1, 0.15) is 0 Å². The molecule has 2 aliphatic heterocycles. The van der Waals surface area contributed by atoms with E-state index >= 15 is 0 Å². The molecule has 0 radical (unpaired) electrons. The van der Waals surface area contributed by atoms with E-state index in [9.17, 15) is 0 Å². The molecule has 0 aliphatic carbocycles. The summed E-state index contributed by atoms with van der Waals surface area (Å²) in [5, 5.41) is 3.44. The zero-order valence-electron chi connectivity index (χ0n) is 9.05. The van der Waals surface area contributed by atoms with E-state index in [4.69, 9.17) is 9.47 Å². The van der Waals surface area contributed by atoms with Gasteiger partial charge < -0.3 is 14.8 Å². The van der Waals surface area contributed by atoms with Crippen molar-refractivity contribution in [3.05, 3.63) is 0 Å². The predicted octanol–water partition coefficient (Wildman–Crippen LogP) is 1.04. The molecule has 0 amide bonds. The molecule has 2 saturated heterocycles. The molecule has 0 bridgehead atoms. The lowest BCUT2D eigenvalue weighted by Crippen LogP contribution is -2.48. The van der Waals surface area contributed by atoms with Crippen molar-refractivity contribution in [3.63, 3.8) is 0 Å². The maximum Gasteiger partial charge on any atom is 0.0521 e. The van der Waals surface area contributed by atoms with Gasteiger partial charge >= 0.3 is 0 Å². The Kier molecular flexibility index (Phi) is 3.42. The van der Waals surface area contributed by atoms with Crippen LogP contribution in [0.5, 0.6) is 0 Å². The molecule has 0 saturated carbocycles. The number of ether oxygens (including phenoxy) is 2. The third kappa shape index (κ3) is 1.95. The largest absolute Gasteiger partial charge is 0.384 e. The number of piperidine rings is 1. The molecule has 0 aromatic carbocycles. The molecule has 0 unspecified atom stereocenters. The molecule has 0 aromatic heterocycles. The Labute approximate surface area is 86.2 Å². The minimum absolute atomic E-state index is 0.513. The van der Waals surface area contributed by atoms with E-state index < -0.39 is 0 Å². The van der Waals surface area contributed by atoms with Gasteiger partial charge in [-0.15, -0.1) is 0 Å². The fourth-order valence-corrected chi connectivity index (χ4v) is 2.89. The summed E-state index contributed by atoms with van der Waals surface area (Å²) in [6.07, 6.45) is 3.82. The quantitative estimate of drug-likeness (QED) is 0.721. The Morgan fingerprint density at radius 1 is 1.36 bits per heavy atom. The summed E-state index contributed by atoms with van der Waals surface area (Å²) in [5.41, 5.74) is 0.513. The summed E-state index contributed by atoms with van der Waals surface area (Å²) in [6, 6.07) is 0. The zero-order chi connectivity index (χ0) is 9.86. The van der Waals surface area contributed by atoms with Crippen LogP contribution in [0.3, 0.4) is 0 Å². The maximum absolute atomic E-state index is 5.56. The van der Waals surface area contributed by atoms with Gasteiger partial charge in [-0.1, -0.05) is 0 Å². The van der Waals surface area contributed by atoms with Crippen molar-refractivity contribution < 1.29 is 9.47 Å². The molecule has 0 aromatic rings. The average molecular weight is 199 g/mol. The Bertz CT molecular complexity index is 168. The topological polar surface area (TPSA) is 30.5 Å². The van der Waals surface area contributed by atoms with Crippen molar-refractivity contribution in [2.75, 3.05) is 40.0 Å². The number of rotatable bonds is 2. The van der Waals surface area contributed by atoms with Gasteiger partial charge in [0.25, 0.3) is 0 Å². The summed E-state index contributed by atoms with van der Waals surface area (Å²) in [5.74, 6) is 0.614. The molecule has 2 aliphatic rings. The lowest BCUT2D eigenvalue weighted by Gasteiger charge is -2.46. The molecule has 2 fully saturated rings. The van der Waals surface area contributed by atoms with Gasteiger partial charge in [0.05, 0.1) is 13.2 Å². The maximum atomic E-state index is 5.56. The van der Waals surface area contributed by atoms with E-state index in [0.29, 0.717) is 11.3 Å². The van der Waals surface area contributed by atoms with E-state index in [1.165, 1.54) is 32.4 Å². The van der Waals surface area contributed by atoms with Crippen molar-refractivity contribution in [1.29, 1.82) is 0 Å². The van der Waals surface area contributed by atoms with Crippen LogP contribution in [0.1, 0.15) is 19.3 Å². The third-order valence-electron chi connectivity index (χ3n) is 3.90. The second kappa shape index (κ2) is 4.60. The molecule has 14 heavy (non-hydrogen) atoms. The summed E-state index contributed by atoms with van der Waals surface area (Å²) in [7, 11) is 1.80. The highest BCUT2D eigenvalue weighted by Gasteiger charge is 2.41. The molecular weight excluding hydrogens is 178 g/mol. The second-order valence-electron chi connectivity index (χ2n) is 4.59. The molecule has 2 heterocycles. The SMILES string of the molecule is COC[C@@H]1COCCC12CCNCC2. The highest BCUT2D eigenvalue weighted by Crippen LogP contribution is 2.43. The van der Waals surface area contributed by atoms with E-state index in [1.807, 2.05) is 0 Å². The minimum atomic E-state index is 0.513. The Hall–Kier alpha value is -0.120. The summed E-state index contributed by atoms with van der Waals surface area (Å²) >= 11 is 0. The predicted molar refractivity (Wildman–Crippen MR) is 55.3 cm³/mol. The smallest absolute Gasteiger partial charge is 0.0521 e. The fraction of sp³-hybridized carbons (Fsp3) is 1.00. The third-order valence-corrected chi connectivity index (χ3v) is 3.90. The molecule has 2 rings (SSSR count). The molecule has 82 valence electrons. The van der Waals surface area contributed by atoms with Gasteiger partial charge in [-0.25, -0.2) is 0 Å². The first-order valence-corrected chi connectivity index (χ1v) is 5.65.